The smallest absolute Gasteiger partial charge is 0.142 e. The van der Waals surface area contributed by atoms with Gasteiger partial charge in [-0.2, -0.15) is 5.26 Å². The van der Waals surface area contributed by atoms with Gasteiger partial charge in [0, 0.05) is 17.5 Å². The van der Waals surface area contributed by atoms with Crippen molar-refractivity contribution in [3.63, 3.8) is 0 Å². The zero-order valence-electron chi connectivity index (χ0n) is 10.2. The van der Waals surface area contributed by atoms with E-state index >= 15 is 0 Å². The van der Waals surface area contributed by atoms with Gasteiger partial charge in [-0.3, -0.25) is 0 Å². The molecular formula is C14H16N2O. The van der Waals surface area contributed by atoms with Gasteiger partial charge in [0.15, 0.2) is 0 Å². The maximum atomic E-state index is 8.72. The predicted octanol–water partition coefficient (Wildman–Crippen LogP) is 3.20. The van der Waals surface area contributed by atoms with Gasteiger partial charge in [-0.05, 0) is 24.5 Å². The third-order valence-electron chi connectivity index (χ3n) is 3.05. The van der Waals surface area contributed by atoms with Crippen molar-refractivity contribution < 1.29 is 4.74 Å². The number of aromatic amines is 1. The molecule has 1 heterocycles. The van der Waals surface area contributed by atoms with Crippen molar-refractivity contribution >= 4 is 10.9 Å². The number of hydrogen-bond donors (Lipinski definition) is 1. The molecule has 1 aromatic heterocycles. The Morgan fingerprint density at radius 2 is 2.24 bits per heavy atom. The van der Waals surface area contributed by atoms with Crippen LogP contribution in [0.2, 0.25) is 0 Å². The molecule has 88 valence electrons. The standard InChI is InChI=1S/C14H16N2O/c1-3-12-10(7-5-9-15)11-6-4-8-13(17-2)14(11)16-12/h4,6,8,16H,3,5,7H2,1-2H3. The van der Waals surface area contributed by atoms with Gasteiger partial charge in [0.1, 0.15) is 5.75 Å². The summed E-state index contributed by atoms with van der Waals surface area (Å²) in [6.45, 7) is 2.12. The number of rotatable bonds is 4. The van der Waals surface area contributed by atoms with Crippen molar-refractivity contribution in [2.24, 2.45) is 0 Å². The molecule has 0 amide bonds. The van der Waals surface area contributed by atoms with E-state index in [1.807, 2.05) is 12.1 Å². The first kappa shape index (κ1) is 11.5. The number of nitriles is 1. The van der Waals surface area contributed by atoms with Gasteiger partial charge in [-0.25, -0.2) is 0 Å². The second-order valence-corrected chi connectivity index (χ2v) is 3.98. The Kier molecular flexibility index (Phi) is 3.34. The van der Waals surface area contributed by atoms with E-state index in [-0.39, 0.29) is 0 Å². The molecule has 17 heavy (non-hydrogen) atoms. The maximum Gasteiger partial charge on any atom is 0.142 e. The molecule has 1 aromatic carbocycles. The highest BCUT2D eigenvalue weighted by Gasteiger charge is 2.12. The highest BCUT2D eigenvalue weighted by atomic mass is 16.5. The lowest BCUT2D eigenvalue weighted by Gasteiger charge is -2.01. The number of nitrogens with one attached hydrogen (secondary N) is 1. The Labute approximate surface area is 101 Å². The van der Waals surface area contributed by atoms with Crippen LogP contribution >= 0.6 is 0 Å². The van der Waals surface area contributed by atoms with E-state index in [4.69, 9.17) is 10.00 Å². The van der Waals surface area contributed by atoms with Crippen LogP contribution < -0.4 is 4.74 Å². The number of benzene rings is 1. The van der Waals surface area contributed by atoms with Crippen LogP contribution in [0.25, 0.3) is 10.9 Å². The normalized spacial score (nSPS) is 10.4. The summed E-state index contributed by atoms with van der Waals surface area (Å²) in [5.41, 5.74) is 3.50. The number of aryl methyl sites for hydroxylation is 2. The first-order valence-corrected chi connectivity index (χ1v) is 5.85. The van der Waals surface area contributed by atoms with Gasteiger partial charge in [0.25, 0.3) is 0 Å². The molecule has 3 heteroatoms. The second kappa shape index (κ2) is 4.92. The summed E-state index contributed by atoms with van der Waals surface area (Å²) in [4.78, 5) is 3.41. The minimum absolute atomic E-state index is 0.553. The molecule has 0 spiro atoms. The summed E-state index contributed by atoms with van der Waals surface area (Å²) < 4.78 is 5.35. The molecule has 0 unspecified atom stereocenters. The number of hydrogen-bond acceptors (Lipinski definition) is 2. The van der Waals surface area contributed by atoms with Gasteiger partial charge < -0.3 is 9.72 Å². The molecule has 0 radical (unpaired) electrons. The molecule has 0 saturated heterocycles. The van der Waals surface area contributed by atoms with Crippen LogP contribution in [-0.4, -0.2) is 12.1 Å². The summed E-state index contributed by atoms with van der Waals surface area (Å²) in [6.07, 6.45) is 2.29. The molecular weight excluding hydrogens is 212 g/mol. The zero-order chi connectivity index (χ0) is 12.3. The molecule has 1 N–H and O–H groups in total. The number of para-hydroxylation sites is 1. The minimum atomic E-state index is 0.553. The maximum absolute atomic E-state index is 8.72. The first-order valence-electron chi connectivity index (χ1n) is 5.85. The number of methoxy groups -OCH3 is 1. The van der Waals surface area contributed by atoms with Crippen molar-refractivity contribution in [2.45, 2.75) is 26.2 Å². The van der Waals surface area contributed by atoms with E-state index in [9.17, 15) is 0 Å². The van der Waals surface area contributed by atoms with E-state index in [1.165, 1.54) is 16.6 Å². The van der Waals surface area contributed by atoms with E-state index in [0.29, 0.717) is 6.42 Å². The number of fused-ring (bicyclic) bond motifs is 1. The fourth-order valence-electron chi connectivity index (χ4n) is 2.24. The first-order chi connectivity index (χ1) is 8.31. The number of nitrogens with zero attached hydrogens (tertiary/aromatic N) is 1. The summed E-state index contributed by atoms with van der Waals surface area (Å²) in [5, 5.41) is 9.89. The van der Waals surface area contributed by atoms with Crippen LogP contribution in [0.4, 0.5) is 0 Å². The molecule has 0 aliphatic rings. The predicted molar refractivity (Wildman–Crippen MR) is 68.2 cm³/mol. The second-order valence-electron chi connectivity index (χ2n) is 3.98. The van der Waals surface area contributed by atoms with Gasteiger partial charge in [0.05, 0.1) is 18.7 Å². The van der Waals surface area contributed by atoms with Crippen LogP contribution in [0.5, 0.6) is 5.75 Å². The Balaban J connectivity index is 2.60. The highest BCUT2D eigenvalue weighted by molar-refractivity contribution is 5.89. The molecule has 0 saturated carbocycles. The zero-order valence-corrected chi connectivity index (χ0v) is 10.2. The Morgan fingerprint density at radius 1 is 1.41 bits per heavy atom. The van der Waals surface area contributed by atoms with Crippen molar-refractivity contribution in [3.05, 3.63) is 29.5 Å². The molecule has 3 nitrogen and oxygen atoms in total. The molecule has 0 aliphatic heterocycles. The molecule has 0 aliphatic carbocycles. The van der Waals surface area contributed by atoms with Gasteiger partial charge in [0.2, 0.25) is 0 Å². The van der Waals surface area contributed by atoms with E-state index in [0.717, 1.165) is 24.1 Å². The summed E-state index contributed by atoms with van der Waals surface area (Å²) >= 11 is 0. The lowest BCUT2D eigenvalue weighted by Crippen LogP contribution is -1.89. The summed E-state index contributed by atoms with van der Waals surface area (Å²) in [7, 11) is 1.68. The van der Waals surface area contributed by atoms with Gasteiger partial charge in [-0.1, -0.05) is 19.1 Å². The van der Waals surface area contributed by atoms with Gasteiger partial charge in [-0.15, -0.1) is 0 Å². The lowest BCUT2D eigenvalue weighted by molar-refractivity contribution is 0.419. The molecule has 2 aromatic rings. The van der Waals surface area contributed by atoms with Crippen molar-refractivity contribution in [1.82, 2.24) is 4.98 Å². The van der Waals surface area contributed by atoms with Crippen LogP contribution in [0, 0.1) is 11.3 Å². The van der Waals surface area contributed by atoms with Crippen LogP contribution in [0.15, 0.2) is 18.2 Å². The number of ether oxygens (including phenoxy) is 1. The quantitative estimate of drug-likeness (QED) is 0.873. The van der Waals surface area contributed by atoms with E-state index in [1.54, 1.807) is 7.11 Å². The van der Waals surface area contributed by atoms with Gasteiger partial charge >= 0.3 is 0 Å². The fourth-order valence-corrected chi connectivity index (χ4v) is 2.24. The monoisotopic (exact) mass is 228 g/mol. The van der Waals surface area contributed by atoms with Crippen LogP contribution in [0.1, 0.15) is 24.6 Å². The largest absolute Gasteiger partial charge is 0.495 e. The Morgan fingerprint density at radius 3 is 2.88 bits per heavy atom. The van der Waals surface area contributed by atoms with E-state index in [2.05, 4.69) is 24.0 Å². The SMILES string of the molecule is CCc1[nH]c2c(OC)cccc2c1CCC#N. The van der Waals surface area contributed by atoms with Crippen molar-refractivity contribution in [2.75, 3.05) is 7.11 Å². The van der Waals surface area contributed by atoms with Crippen molar-refractivity contribution in [3.8, 4) is 11.8 Å². The molecule has 0 bridgehead atoms. The molecule has 0 atom stereocenters. The third kappa shape index (κ3) is 1.99. The third-order valence-corrected chi connectivity index (χ3v) is 3.05. The number of aromatic nitrogens is 1. The average molecular weight is 228 g/mol. The van der Waals surface area contributed by atoms with E-state index < -0.39 is 0 Å². The van der Waals surface area contributed by atoms with Crippen LogP contribution in [0.3, 0.4) is 0 Å². The molecule has 2 rings (SSSR count). The Bertz CT molecular complexity index is 563. The fraction of sp³-hybridized carbons (Fsp3) is 0.357. The summed E-state index contributed by atoms with van der Waals surface area (Å²) in [5.74, 6) is 0.861. The topological polar surface area (TPSA) is 48.8 Å². The van der Waals surface area contributed by atoms with Crippen molar-refractivity contribution in [1.29, 1.82) is 5.26 Å². The summed E-state index contributed by atoms with van der Waals surface area (Å²) in [6, 6.07) is 8.23. The minimum Gasteiger partial charge on any atom is -0.495 e. The highest BCUT2D eigenvalue weighted by Crippen LogP contribution is 2.30. The van der Waals surface area contributed by atoms with Crippen LogP contribution in [-0.2, 0) is 12.8 Å². The lowest BCUT2D eigenvalue weighted by atomic mass is 10.0. The average Bonchev–Trinajstić information content (AvgIpc) is 2.73. The molecule has 0 fully saturated rings. The Hall–Kier alpha value is -1.95. The number of H-pyrrole nitrogens is 1.